The zero-order valence-corrected chi connectivity index (χ0v) is 13.8. The predicted molar refractivity (Wildman–Crippen MR) is 86.5 cm³/mol. The summed E-state index contributed by atoms with van der Waals surface area (Å²) in [6.07, 6.45) is 0. The van der Waals surface area contributed by atoms with Crippen LogP contribution in [-0.2, 0) is 4.79 Å². The second-order valence-electron chi connectivity index (χ2n) is 6.71. The number of amides is 1. The Hall–Kier alpha value is -1.55. The van der Waals surface area contributed by atoms with E-state index in [0.29, 0.717) is 19.1 Å². The van der Waals surface area contributed by atoms with Crippen molar-refractivity contribution in [2.45, 2.75) is 46.6 Å². The minimum atomic E-state index is -0.511. The minimum absolute atomic E-state index is 0.138. The first-order valence-corrected chi connectivity index (χ1v) is 7.48. The van der Waals surface area contributed by atoms with Crippen molar-refractivity contribution in [3.05, 3.63) is 29.8 Å². The first kappa shape index (κ1) is 17.5. The molecule has 1 atom stereocenters. The Morgan fingerprint density at radius 2 is 1.81 bits per heavy atom. The first-order valence-electron chi connectivity index (χ1n) is 7.48. The lowest BCUT2D eigenvalue weighted by molar-refractivity contribution is -0.124. The van der Waals surface area contributed by atoms with Crippen LogP contribution in [0.3, 0.4) is 0 Å². The Bertz CT molecular complexity index is 447. The summed E-state index contributed by atoms with van der Waals surface area (Å²) < 4.78 is 5.60. The van der Waals surface area contributed by atoms with E-state index in [-0.39, 0.29) is 11.3 Å². The lowest BCUT2D eigenvalue weighted by atomic mass is 9.87. The summed E-state index contributed by atoms with van der Waals surface area (Å²) in [5.74, 6) is 1.19. The highest BCUT2D eigenvalue weighted by Gasteiger charge is 2.26. The molecule has 0 saturated carbocycles. The molecule has 0 radical (unpaired) electrons. The molecule has 0 spiro atoms. The highest BCUT2D eigenvalue weighted by atomic mass is 16.5. The molecule has 0 aliphatic rings. The molecule has 1 rings (SSSR count). The van der Waals surface area contributed by atoms with Crippen LogP contribution >= 0.6 is 0 Å². The van der Waals surface area contributed by atoms with Crippen molar-refractivity contribution in [2.75, 3.05) is 13.2 Å². The maximum absolute atomic E-state index is 11.8. The quantitative estimate of drug-likeness (QED) is 0.792. The number of benzene rings is 1. The second kappa shape index (κ2) is 7.46. The van der Waals surface area contributed by atoms with Crippen molar-refractivity contribution in [1.82, 2.24) is 5.32 Å². The molecule has 0 fully saturated rings. The van der Waals surface area contributed by atoms with Crippen molar-refractivity contribution < 1.29 is 9.53 Å². The predicted octanol–water partition coefficient (Wildman–Crippen LogP) is 2.68. The van der Waals surface area contributed by atoms with E-state index >= 15 is 0 Å². The molecular weight excluding hydrogens is 264 g/mol. The standard InChI is InChI=1S/C17H28N2O2/c1-12(2)13-6-8-14(9-7-13)21-11-10-19-16(20)15(18)17(3,4)5/h6-9,12,15H,10-11,18H2,1-5H3,(H,19,20)/t15-/m1/s1. The summed E-state index contributed by atoms with van der Waals surface area (Å²) in [5.41, 5.74) is 6.93. The van der Waals surface area contributed by atoms with Crippen LogP contribution < -0.4 is 15.8 Å². The molecule has 0 aromatic heterocycles. The third kappa shape index (κ3) is 5.76. The number of carbonyl (C=O) groups excluding carboxylic acids is 1. The summed E-state index contributed by atoms with van der Waals surface area (Å²) in [6, 6.07) is 7.53. The summed E-state index contributed by atoms with van der Waals surface area (Å²) in [4.78, 5) is 11.8. The first-order chi connectivity index (χ1) is 9.71. The highest BCUT2D eigenvalue weighted by molar-refractivity contribution is 5.82. The van der Waals surface area contributed by atoms with Gasteiger partial charge in [-0.05, 0) is 29.0 Å². The molecule has 3 N–H and O–H groups in total. The molecule has 0 saturated heterocycles. The number of rotatable bonds is 6. The van der Waals surface area contributed by atoms with Crippen LogP contribution in [-0.4, -0.2) is 25.1 Å². The normalized spacial score (nSPS) is 13.1. The molecule has 1 aromatic rings. The van der Waals surface area contributed by atoms with Crippen molar-refractivity contribution >= 4 is 5.91 Å². The average molecular weight is 292 g/mol. The van der Waals surface area contributed by atoms with Gasteiger partial charge in [-0.15, -0.1) is 0 Å². The molecule has 118 valence electrons. The van der Waals surface area contributed by atoms with Crippen LogP contribution in [0.15, 0.2) is 24.3 Å². The number of carbonyl (C=O) groups is 1. The summed E-state index contributed by atoms with van der Waals surface area (Å²) in [5, 5.41) is 2.80. The van der Waals surface area contributed by atoms with Crippen LogP contribution in [0, 0.1) is 5.41 Å². The third-order valence-electron chi connectivity index (χ3n) is 3.43. The number of nitrogens with one attached hydrogen (secondary N) is 1. The fourth-order valence-corrected chi connectivity index (χ4v) is 1.80. The van der Waals surface area contributed by atoms with Gasteiger partial charge in [0.1, 0.15) is 12.4 Å². The van der Waals surface area contributed by atoms with E-state index in [1.807, 2.05) is 32.9 Å². The van der Waals surface area contributed by atoms with E-state index in [2.05, 4.69) is 31.3 Å². The Morgan fingerprint density at radius 1 is 1.24 bits per heavy atom. The largest absolute Gasteiger partial charge is 0.492 e. The van der Waals surface area contributed by atoms with Gasteiger partial charge in [0, 0.05) is 0 Å². The molecule has 0 heterocycles. The van der Waals surface area contributed by atoms with Gasteiger partial charge in [0.15, 0.2) is 0 Å². The van der Waals surface area contributed by atoms with E-state index in [4.69, 9.17) is 10.5 Å². The summed E-state index contributed by atoms with van der Waals surface area (Å²) >= 11 is 0. The smallest absolute Gasteiger partial charge is 0.237 e. The third-order valence-corrected chi connectivity index (χ3v) is 3.43. The molecular formula is C17H28N2O2. The highest BCUT2D eigenvalue weighted by Crippen LogP contribution is 2.18. The number of hydrogen-bond donors (Lipinski definition) is 2. The SMILES string of the molecule is CC(C)c1ccc(OCCNC(=O)[C@@H](N)C(C)(C)C)cc1. The van der Waals surface area contributed by atoms with Crippen LogP contribution in [0.2, 0.25) is 0 Å². The average Bonchev–Trinajstić information content (AvgIpc) is 2.42. The van der Waals surface area contributed by atoms with Crippen molar-refractivity contribution in [3.63, 3.8) is 0 Å². The lowest BCUT2D eigenvalue weighted by Gasteiger charge is -2.25. The van der Waals surface area contributed by atoms with Gasteiger partial charge in [-0.3, -0.25) is 4.79 Å². The Labute approximate surface area is 128 Å². The number of hydrogen-bond acceptors (Lipinski definition) is 3. The molecule has 0 unspecified atom stereocenters. The molecule has 1 amide bonds. The fraction of sp³-hybridized carbons (Fsp3) is 0.588. The van der Waals surface area contributed by atoms with Crippen LogP contribution in [0.5, 0.6) is 5.75 Å². The van der Waals surface area contributed by atoms with Gasteiger partial charge >= 0.3 is 0 Å². The number of ether oxygens (including phenoxy) is 1. The van der Waals surface area contributed by atoms with Gasteiger partial charge in [0.2, 0.25) is 5.91 Å². The molecule has 4 nitrogen and oxygen atoms in total. The fourth-order valence-electron chi connectivity index (χ4n) is 1.80. The van der Waals surface area contributed by atoms with Gasteiger partial charge in [0.25, 0.3) is 0 Å². The molecule has 0 aliphatic carbocycles. The van der Waals surface area contributed by atoms with E-state index in [9.17, 15) is 4.79 Å². The molecule has 1 aromatic carbocycles. The van der Waals surface area contributed by atoms with Gasteiger partial charge in [-0.1, -0.05) is 46.8 Å². The zero-order valence-electron chi connectivity index (χ0n) is 13.8. The Balaban J connectivity index is 2.33. The van der Waals surface area contributed by atoms with Crippen molar-refractivity contribution in [1.29, 1.82) is 0 Å². The summed E-state index contributed by atoms with van der Waals surface area (Å²) in [6.45, 7) is 11.0. The van der Waals surface area contributed by atoms with E-state index in [1.54, 1.807) is 0 Å². The van der Waals surface area contributed by atoms with E-state index in [1.165, 1.54) is 5.56 Å². The zero-order chi connectivity index (χ0) is 16.0. The van der Waals surface area contributed by atoms with Gasteiger partial charge in [0.05, 0.1) is 12.6 Å². The van der Waals surface area contributed by atoms with Gasteiger partial charge in [-0.25, -0.2) is 0 Å². The lowest BCUT2D eigenvalue weighted by Crippen LogP contribution is -2.49. The van der Waals surface area contributed by atoms with Crippen molar-refractivity contribution in [3.8, 4) is 5.75 Å². The topological polar surface area (TPSA) is 64.3 Å². The molecule has 21 heavy (non-hydrogen) atoms. The van der Waals surface area contributed by atoms with Crippen LogP contribution in [0.1, 0.15) is 46.1 Å². The maximum Gasteiger partial charge on any atom is 0.237 e. The Morgan fingerprint density at radius 3 is 2.29 bits per heavy atom. The van der Waals surface area contributed by atoms with Gasteiger partial charge < -0.3 is 15.8 Å². The molecule has 0 aliphatic heterocycles. The second-order valence-corrected chi connectivity index (χ2v) is 6.71. The van der Waals surface area contributed by atoms with E-state index in [0.717, 1.165) is 5.75 Å². The number of nitrogens with two attached hydrogens (primary N) is 1. The minimum Gasteiger partial charge on any atom is -0.492 e. The van der Waals surface area contributed by atoms with E-state index < -0.39 is 6.04 Å². The van der Waals surface area contributed by atoms with Gasteiger partial charge in [-0.2, -0.15) is 0 Å². The van der Waals surface area contributed by atoms with Crippen molar-refractivity contribution in [2.24, 2.45) is 11.1 Å². The molecule has 0 bridgehead atoms. The van der Waals surface area contributed by atoms with Crippen LogP contribution in [0.4, 0.5) is 0 Å². The summed E-state index contributed by atoms with van der Waals surface area (Å²) in [7, 11) is 0. The Kier molecular flexibility index (Phi) is 6.21. The van der Waals surface area contributed by atoms with Crippen LogP contribution in [0.25, 0.3) is 0 Å². The maximum atomic E-state index is 11.8. The monoisotopic (exact) mass is 292 g/mol. The molecule has 4 heteroatoms.